The maximum Gasteiger partial charge on any atom is 0.139 e. The maximum absolute atomic E-state index is 14.2. The molecule has 0 aromatic heterocycles. The summed E-state index contributed by atoms with van der Waals surface area (Å²) in [5, 5.41) is 9.59. The van der Waals surface area contributed by atoms with Gasteiger partial charge in [0, 0.05) is 0 Å². The molecule has 0 aromatic carbocycles. The minimum Gasteiger partial charge on any atom is -0.390 e. The van der Waals surface area contributed by atoms with Gasteiger partial charge in [0.1, 0.15) is 5.67 Å². The highest BCUT2D eigenvalue weighted by Gasteiger charge is 2.48. The van der Waals surface area contributed by atoms with Crippen molar-refractivity contribution in [2.75, 3.05) is 0 Å². The predicted octanol–water partition coefficient (Wildman–Crippen LogP) is 2.43. The Labute approximate surface area is 73.0 Å². The van der Waals surface area contributed by atoms with Crippen LogP contribution in [0.2, 0.25) is 0 Å². The van der Waals surface area contributed by atoms with Gasteiger partial charge in [-0.2, -0.15) is 0 Å². The quantitative estimate of drug-likeness (QED) is 0.595. The number of alkyl halides is 1. The van der Waals surface area contributed by atoms with Gasteiger partial charge >= 0.3 is 0 Å². The van der Waals surface area contributed by atoms with Gasteiger partial charge in [-0.25, -0.2) is 4.39 Å². The summed E-state index contributed by atoms with van der Waals surface area (Å²) >= 11 is 0. The monoisotopic (exact) mass is 172 g/mol. The van der Waals surface area contributed by atoms with Gasteiger partial charge < -0.3 is 5.11 Å². The van der Waals surface area contributed by atoms with Gasteiger partial charge in [0.05, 0.1) is 6.10 Å². The van der Waals surface area contributed by atoms with Gasteiger partial charge in [0.2, 0.25) is 0 Å². The number of rotatable bonds is 0. The molecule has 0 bridgehead atoms. The SMILES string of the molecule is O[C@@H]1CCC[C@H]2CCCC[C@@]21F. The van der Waals surface area contributed by atoms with Crippen LogP contribution in [-0.4, -0.2) is 16.9 Å². The van der Waals surface area contributed by atoms with E-state index in [9.17, 15) is 9.50 Å². The fourth-order valence-corrected chi connectivity index (χ4v) is 2.85. The van der Waals surface area contributed by atoms with Crippen molar-refractivity contribution in [2.45, 2.75) is 56.7 Å². The first-order valence-electron chi connectivity index (χ1n) is 5.10. The predicted molar refractivity (Wildman–Crippen MR) is 45.7 cm³/mol. The second kappa shape index (κ2) is 2.99. The molecule has 0 spiro atoms. The van der Waals surface area contributed by atoms with Gasteiger partial charge in [-0.3, -0.25) is 0 Å². The molecule has 0 aliphatic heterocycles. The first-order chi connectivity index (χ1) is 5.73. The highest BCUT2D eigenvalue weighted by molar-refractivity contribution is 4.98. The Kier molecular flexibility index (Phi) is 2.11. The number of aliphatic hydroxyl groups excluding tert-OH is 1. The molecular formula is C10H17FO. The summed E-state index contributed by atoms with van der Waals surface area (Å²) in [7, 11) is 0. The summed E-state index contributed by atoms with van der Waals surface area (Å²) < 4.78 is 14.2. The van der Waals surface area contributed by atoms with Crippen molar-refractivity contribution in [1.29, 1.82) is 0 Å². The Morgan fingerprint density at radius 2 is 1.83 bits per heavy atom. The van der Waals surface area contributed by atoms with E-state index in [2.05, 4.69) is 0 Å². The van der Waals surface area contributed by atoms with E-state index in [0.29, 0.717) is 12.8 Å². The average Bonchev–Trinajstić information content (AvgIpc) is 2.07. The van der Waals surface area contributed by atoms with E-state index >= 15 is 0 Å². The van der Waals surface area contributed by atoms with Crippen LogP contribution < -0.4 is 0 Å². The molecular weight excluding hydrogens is 155 g/mol. The highest BCUT2D eigenvalue weighted by atomic mass is 19.1. The van der Waals surface area contributed by atoms with Crippen molar-refractivity contribution in [3.63, 3.8) is 0 Å². The molecule has 2 aliphatic rings. The number of halogens is 1. The molecule has 1 N–H and O–H groups in total. The van der Waals surface area contributed by atoms with Gasteiger partial charge in [-0.15, -0.1) is 0 Å². The Hall–Kier alpha value is -0.110. The van der Waals surface area contributed by atoms with Crippen molar-refractivity contribution in [1.82, 2.24) is 0 Å². The van der Waals surface area contributed by atoms with Crippen LogP contribution in [0.5, 0.6) is 0 Å². The Bertz CT molecular complexity index is 169. The van der Waals surface area contributed by atoms with Crippen LogP contribution in [0.3, 0.4) is 0 Å². The molecule has 0 aromatic rings. The smallest absolute Gasteiger partial charge is 0.139 e. The fourth-order valence-electron chi connectivity index (χ4n) is 2.85. The summed E-state index contributed by atoms with van der Waals surface area (Å²) in [6.07, 6.45) is 5.72. The molecule has 2 heteroatoms. The molecule has 0 radical (unpaired) electrons. The number of hydrogen-bond donors (Lipinski definition) is 1. The molecule has 0 saturated heterocycles. The number of fused-ring (bicyclic) bond motifs is 1. The van der Waals surface area contributed by atoms with E-state index < -0.39 is 11.8 Å². The molecule has 0 amide bonds. The zero-order valence-corrected chi connectivity index (χ0v) is 7.43. The summed E-state index contributed by atoms with van der Waals surface area (Å²) in [6.45, 7) is 0. The third-order valence-electron chi connectivity index (χ3n) is 3.63. The van der Waals surface area contributed by atoms with E-state index in [1.165, 1.54) is 0 Å². The van der Waals surface area contributed by atoms with Crippen molar-refractivity contribution in [3.05, 3.63) is 0 Å². The lowest BCUT2D eigenvalue weighted by Gasteiger charge is -2.44. The molecule has 70 valence electrons. The van der Waals surface area contributed by atoms with Crippen molar-refractivity contribution in [3.8, 4) is 0 Å². The normalized spacial score (nSPS) is 48.5. The van der Waals surface area contributed by atoms with E-state index in [1.807, 2.05) is 0 Å². The van der Waals surface area contributed by atoms with Crippen LogP contribution in [0, 0.1) is 5.92 Å². The third-order valence-corrected chi connectivity index (χ3v) is 3.63. The second-order valence-corrected chi connectivity index (χ2v) is 4.32. The van der Waals surface area contributed by atoms with Crippen molar-refractivity contribution >= 4 is 0 Å². The largest absolute Gasteiger partial charge is 0.390 e. The molecule has 2 saturated carbocycles. The fraction of sp³-hybridized carbons (Fsp3) is 1.00. The molecule has 0 unspecified atom stereocenters. The first-order valence-corrected chi connectivity index (χ1v) is 5.10. The van der Waals surface area contributed by atoms with Gasteiger partial charge in [0.15, 0.2) is 0 Å². The number of hydrogen-bond acceptors (Lipinski definition) is 1. The van der Waals surface area contributed by atoms with Crippen LogP contribution >= 0.6 is 0 Å². The van der Waals surface area contributed by atoms with Crippen LogP contribution in [0.1, 0.15) is 44.9 Å². The molecule has 12 heavy (non-hydrogen) atoms. The third kappa shape index (κ3) is 1.17. The topological polar surface area (TPSA) is 20.2 Å². The summed E-state index contributed by atoms with van der Waals surface area (Å²) in [5.41, 5.74) is -1.21. The maximum atomic E-state index is 14.2. The average molecular weight is 172 g/mol. The number of aliphatic hydroxyl groups is 1. The highest BCUT2D eigenvalue weighted by Crippen LogP contribution is 2.46. The second-order valence-electron chi connectivity index (χ2n) is 4.32. The van der Waals surface area contributed by atoms with E-state index in [0.717, 1.165) is 32.1 Å². The molecule has 2 fully saturated rings. The molecule has 2 aliphatic carbocycles. The lowest BCUT2D eigenvalue weighted by molar-refractivity contribution is -0.0993. The Balaban J connectivity index is 2.14. The van der Waals surface area contributed by atoms with E-state index in [1.54, 1.807) is 0 Å². The van der Waals surface area contributed by atoms with Crippen LogP contribution in [-0.2, 0) is 0 Å². The van der Waals surface area contributed by atoms with Gasteiger partial charge in [-0.1, -0.05) is 19.3 Å². The van der Waals surface area contributed by atoms with Crippen LogP contribution in [0.15, 0.2) is 0 Å². The zero-order chi connectivity index (χ0) is 8.60. The van der Waals surface area contributed by atoms with Gasteiger partial charge in [0.25, 0.3) is 0 Å². The molecule has 3 atom stereocenters. The van der Waals surface area contributed by atoms with Crippen LogP contribution in [0.25, 0.3) is 0 Å². The zero-order valence-electron chi connectivity index (χ0n) is 7.43. The molecule has 2 rings (SSSR count). The van der Waals surface area contributed by atoms with Gasteiger partial charge in [-0.05, 0) is 31.6 Å². The summed E-state index contributed by atoms with van der Waals surface area (Å²) in [6, 6.07) is 0. The minimum absolute atomic E-state index is 0.162. The minimum atomic E-state index is -1.21. The summed E-state index contributed by atoms with van der Waals surface area (Å²) in [4.78, 5) is 0. The standard InChI is InChI=1S/C10H17FO/c11-10-7-2-1-4-8(10)5-3-6-9(10)12/h8-9,12H,1-7H2/t8-,9-,10-/m1/s1. The molecule has 0 heterocycles. The Morgan fingerprint density at radius 3 is 2.58 bits per heavy atom. The summed E-state index contributed by atoms with van der Waals surface area (Å²) in [5.74, 6) is 0.162. The van der Waals surface area contributed by atoms with E-state index in [4.69, 9.17) is 0 Å². The Morgan fingerprint density at radius 1 is 1.08 bits per heavy atom. The van der Waals surface area contributed by atoms with E-state index in [-0.39, 0.29) is 5.92 Å². The van der Waals surface area contributed by atoms with Crippen molar-refractivity contribution < 1.29 is 9.50 Å². The van der Waals surface area contributed by atoms with Crippen LogP contribution in [0.4, 0.5) is 4.39 Å². The first kappa shape index (κ1) is 8.49. The lowest BCUT2D eigenvalue weighted by atomic mass is 9.67. The van der Waals surface area contributed by atoms with Crippen molar-refractivity contribution in [2.24, 2.45) is 5.92 Å². The lowest BCUT2D eigenvalue weighted by Crippen LogP contribution is -2.49. The molecule has 1 nitrogen and oxygen atoms in total.